The Morgan fingerprint density at radius 3 is 2.31 bits per heavy atom. The molecule has 0 aromatic rings. The van der Waals surface area contributed by atoms with Gasteiger partial charge >= 0.3 is 0 Å². The highest BCUT2D eigenvalue weighted by molar-refractivity contribution is 5.80. The number of carbonyl (C=O) groups is 2. The van der Waals surface area contributed by atoms with E-state index < -0.39 is 0 Å². The van der Waals surface area contributed by atoms with Crippen molar-refractivity contribution in [3.63, 3.8) is 0 Å². The number of hydrogen-bond donors (Lipinski definition) is 0. The molecule has 1 atom stereocenters. The van der Waals surface area contributed by atoms with E-state index in [9.17, 15) is 9.59 Å². The first-order valence-electron chi connectivity index (χ1n) is 12.3. The second kappa shape index (κ2) is 9.36. The zero-order valence-corrected chi connectivity index (χ0v) is 18.5. The third-order valence-electron chi connectivity index (χ3n) is 8.36. The van der Waals surface area contributed by atoms with Crippen LogP contribution in [0.5, 0.6) is 0 Å². The van der Waals surface area contributed by atoms with Crippen molar-refractivity contribution < 1.29 is 9.59 Å². The molecule has 0 aromatic carbocycles. The lowest BCUT2D eigenvalue weighted by atomic mass is 9.79. The van der Waals surface area contributed by atoms with E-state index in [1.807, 2.05) is 4.90 Å². The fourth-order valence-electron chi connectivity index (χ4n) is 6.50. The molecule has 4 aliphatic rings. The Morgan fingerprint density at radius 1 is 0.828 bits per heavy atom. The van der Waals surface area contributed by atoms with Crippen molar-refractivity contribution in [3.8, 4) is 0 Å². The second-order valence-electron chi connectivity index (χ2n) is 10.5. The minimum absolute atomic E-state index is 0.131. The van der Waals surface area contributed by atoms with E-state index in [4.69, 9.17) is 0 Å². The summed E-state index contributed by atoms with van der Waals surface area (Å²) in [4.78, 5) is 31.5. The van der Waals surface area contributed by atoms with Crippen molar-refractivity contribution in [2.24, 2.45) is 17.3 Å². The van der Waals surface area contributed by atoms with Gasteiger partial charge in [0.15, 0.2) is 0 Å². The Bertz CT molecular complexity index is 581. The van der Waals surface area contributed by atoms with E-state index in [-0.39, 0.29) is 11.8 Å². The minimum Gasteiger partial charge on any atom is -0.343 e. The van der Waals surface area contributed by atoms with Crippen LogP contribution in [0.25, 0.3) is 0 Å². The van der Waals surface area contributed by atoms with Crippen LogP contribution < -0.4 is 0 Å². The maximum atomic E-state index is 13.1. The normalized spacial score (nSPS) is 30.2. The zero-order valence-electron chi connectivity index (χ0n) is 18.5. The molecule has 2 amide bonds. The van der Waals surface area contributed by atoms with Gasteiger partial charge in [-0.1, -0.05) is 32.1 Å². The second-order valence-corrected chi connectivity index (χ2v) is 10.5. The van der Waals surface area contributed by atoms with Gasteiger partial charge in [-0.3, -0.25) is 9.59 Å². The van der Waals surface area contributed by atoms with E-state index in [1.165, 1.54) is 77.4 Å². The first kappa shape index (κ1) is 21.1. The maximum absolute atomic E-state index is 13.1. The molecular weight excluding hydrogens is 362 g/mol. The summed E-state index contributed by atoms with van der Waals surface area (Å²) in [5, 5.41) is 0. The predicted octanol–water partition coefficient (Wildman–Crippen LogP) is 3.53. The van der Waals surface area contributed by atoms with Crippen molar-refractivity contribution in [3.05, 3.63) is 0 Å². The summed E-state index contributed by atoms with van der Waals surface area (Å²) < 4.78 is 0. The van der Waals surface area contributed by atoms with Crippen LogP contribution in [0.2, 0.25) is 0 Å². The van der Waals surface area contributed by atoms with Crippen LogP contribution in [-0.2, 0) is 9.59 Å². The Labute approximate surface area is 177 Å². The summed E-state index contributed by atoms with van der Waals surface area (Å²) in [6.45, 7) is 8.78. The molecule has 5 heteroatoms. The molecule has 3 heterocycles. The molecule has 0 bridgehead atoms. The Morgan fingerprint density at radius 2 is 1.59 bits per heavy atom. The highest BCUT2D eigenvalue weighted by Crippen LogP contribution is 2.40. The minimum atomic E-state index is 0.131. The molecule has 3 saturated heterocycles. The lowest BCUT2D eigenvalue weighted by molar-refractivity contribution is -0.139. The maximum Gasteiger partial charge on any atom is 0.225 e. The fraction of sp³-hybridized carbons (Fsp3) is 0.917. The number of carbonyl (C=O) groups excluding carboxylic acids is 2. The predicted molar refractivity (Wildman–Crippen MR) is 115 cm³/mol. The Kier molecular flexibility index (Phi) is 6.83. The first-order chi connectivity index (χ1) is 14.0. The molecule has 5 nitrogen and oxygen atoms in total. The summed E-state index contributed by atoms with van der Waals surface area (Å²) in [5.74, 6) is 1.60. The summed E-state index contributed by atoms with van der Waals surface area (Å²) in [6.07, 6.45) is 14.1. The lowest BCUT2D eigenvalue weighted by Crippen LogP contribution is -2.47. The topological polar surface area (TPSA) is 43.9 Å². The van der Waals surface area contributed by atoms with Crippen molar-refractivity contribution in [1.29, 1.82) is 0 Å². The van der Waals surface area contributed by atoms with Crippen molar-refractivity contribution in [2.45, 2.75) is 77.6 Å². The van der Waals surface area contributed by atoms with Gasteiger partial charge in [0, 0.05) is 51.0 Å². The number of piperidine rings is 2. The molecule has 3 aliphatic heterocycles. The molecule has 1 spiro atoms. The van der Waals surface area contributed by atoms with Crippen molar-refractivity contribution >= 4 is 11.8 Å². The third kappa shape index (κ3) is 5.15. The van der Waals surface area contributed by atoms with Gasteiger partial charge < -0.3 is 14.7 Å². The molecule has 4 rings (SSSR count). The number of likely N-dealkylation sites (tertiary alicyclic amines) is 3. The molecule has 29 heavy (non-hydrogen) atoms. The van der Waals surface area contributed by atoms with Gasteiger partial charge in [-0.05, 0) is 57.5 Å². The molecule has 4 fully saturated rings. The van der Waals surface area contributed by atoms with Gasteiger partial charge in [-0.2, -0.15) is 0 Å². The molecule has 164 valence electrons. The molecule has 0 radical (unpaired) electrons. The van der Waals surface area contributed by atoms with Gasteiger partial charge in [0.2, 0.25) is 11.8 Å². The average Bonchev–Trinajstić information content (AvgIpc) is 3.15. The number of amides is 2. The Balaban J connectivity index is 1.25. The monoisotopic (exact) mass is 403 g/mol. The summed E-state index contributed by atoms with van der Waals surface area (Å²) >= 11 is 0. The average molecular weight is 404 g/mol. The summed E-state index contributed by atoms with van der Waals surface area (Å²) in [6, 6.07) is 0. The lowest BCUT2D eigenvalue weighted by Gasteiger charge is -2.41. The zero-order chi connectivity index (χ0) is 20.3. The van der Waals surface area contributed by atoms with E-state index in [1.54, 1.807) is 6.92 Å². The standard InChI is InChI=1S/C24H41N3O2/c1-20(28)26-15-9-22(10-16-26)23(29)27-17-12-24(19-27)11-5-13-25(18-24)14-8-21-6-3-2-4-7-21/h21-22H,2-19H2,1H3/t24-/m1/s1. The molecule has 1 saturated carbocycles. The van der Waals surface area contributed by atoms with E-state index >= 15 is 0 Å². The van der Waals surface area contributed by atoms with Crippen molar-refractivity contribution in [1.82, 2.24) is 14.7 Å². The number of hydrogen-bond acceptors (Lipinski definition) is 3. The molecule has 0 unspecified atom stereocenters. The van der Waals surface area contributed by atoms with Crippen LogP contribution in [0.3, 0.4) is 0 Å². The van der Waals surface area contributed by atoms with Crippen LogP contribution in [0.1, 0.15) is 77.6 Å². The fourth-order valence-corrected chi connectivity index (χ4v) is 6.50. The van der Waals surface area contributed by atoms with Crippen LogP contribution in [0, 0.1) is 17.3 Å². The van der Waals surface area contributed by atoms with Crippen molar-refractivity contribution in [2.75, 3.05) is 45.8 Å². The number of nitrogens with zero attached hydrogens (tertiary/aromatic N) is 3. The van der Waals surface area contributed by atoms with E-state index in [0.29, 0.717) is 11.3 Å². The molecular formula is C24H41N3O2. The highest BCUT2D eigenvalue weighted by atomic mass is 16.2. The van der Waals surface area contributed by atoms with Gasteiger partial charge in [0.25, 0.3) is 0 Å². The molecule has 0 N–H and O–H groups in total. The first-order valence-corrected chi connectivity index (χ1v) is 12.3. The van der Waals surface area contributed by atoms with Gasteiger partial charge in [0.05, 0.1) is 0 Å². The molecule has 0 aromatic heterocycles. The van der Waals surface area contributed by atoms with Crippen LogP contribution in [-0.4, -0.2) is 72.3 Å². The van der Waals surface area contributed by atoms with E-state index in [0.717, 1.165) is 44.9 Å². The van der Waals surface area contributed by atoms with Crippen LogP contribution in [0.15, 0.2) is 0 Å². The van der Waals surface area contributed by atoms with Crippen LogP contribution in [0.4, 0.5) is 0 Å². The highest BCUT2D eigenvalue weighted by Gasteiger charge is 2.44. The SMILES string of the molecule is CC(=O)N1CCC(C(=O)N2CC[C@@]3(CCCN(CCC4CCCCC4)C3)C2)CC1. The number of rotatable bonds is 4. The summed E-state index contributed by atoms with van der Waals surface area (Å²) in [7, 11) is 0. The van der Waals surface area contributed by atoms with Crippen LogP contribution >= 0.6 is 0 Å². The smallest absolute Gasteiger partial charge is 0.225 e. The van der Waals surface area contributed by atoms with E-state index in [2.05, 4.69) is 9.80 Å². The molecule has 1 aliphatic carbocycles. The van der Waals surface area contributed by atoms with Gasteiger partial charge in [0.1, 0.15) is 0 Å². The summed E-state index contributed by atoms with van der Waals surface area (Å²) in [5.41, 5.74) is 0.348. The van der Waals surface area contributed by atoms with Gasteiger partial charge in [-0.15, -0.1) is 0 Å². The quantitative estimate of drug-likeness (QED) is 0.721. The van der Waals surface area contributed by atoms with Gasteiger partial charge in [-0.25, -0.2) is 0 Å². The largest absolute Gasteiger partial charge is 0.343 e. The third-order valence-corrected chi connectivity index (χ3v) is 8.36. The Hall–Kier alpha value is -1.10.